The van der Waals surface area contributed by atoms with Crippen molar-refractivity contribution in [1.82, 2.24) is 0 Å². The Morgan fingerprint density at radius 1 is 0.938 bits per heavy atom. The highest BCUT2D eigenvalue weighted by Crippen LogP contribution is 2.27. The molecular weight excluding hydrogens is 206 g/mol. The summed E-state index contributed by atoms with van der Waals surface area (Å²) in [7, 11) is 0. The van der Waals surface area contributed by atoms with E-state index in [-0.39, 0.29) is 5.56 Å². The van der Waals surface area contributed by atoms with E-state index in [4.69, 9.17) is 0 Å². The van der Waals surface area contributed by atoms with Gasteiger partial charge in [-0.15, -0.1) is 0 Å². The number of benzene rings is 2. The van der Waals surface area contributed by atoms with Crippen LogP contribution >= 0.6 is 0 Å². The third-order valence-corrected chi connectivity index (χ3v) is 2.57. The second-order valence-electron chi connectivity index (χ2n) is 3.65. The zero-order valence-electron chi connectivity index (χ0n) is 9.00. The van der Waals surface area contributed by atoms with Gasteiger partial charge in [0, 0.05) is 0 Å². The molecule has 0 aliphatic rings. The third kappa shape index (κ3) is 1.96. The first-order valence-corrected chi connectivity index (χ1v) is 5.25. The predicted molar refractivity (Wildman–Crippen MR) is 61.2 cm³/mol. The molecule has 0 saturated carbocycles. The quantitative estimate of drug-likeness (QED) is 0.708. The lowest BCUT2D eigenvalue weighted by molar-refractivity contribution is 0.586. The van der Waals surface area contributed by atoms with Crippen LogP contribution in [0.15, 0.2) is 42.5 Å². The van der Waals surface area contributed by atoms with Crippen LogP contribution in [0.25, 0.3) is 11.1 Å². The number of rotatable bonds is 2. The Bertz CT molecular complexity index is 466. The van der Waals surface area contributed by atoms with Gasteiger partial charge in [0.1, 0.15) is 11.6 Å². The lowest BCUT2D eigenvalue weighted by atomic mass is 10.0. The van der Waals surface area contributed by atoms with Gasteiger partial charge in [0.05, 0.1) is 5.56 Å². The van der Waals surface area contributed by atoms with Gasteiger partial charge < -0.3 is 0 Å². The fraction of sp³-hybridized carbons (Fsp3) is 0.143. The van der Waals surface area contributed by atoms with Crippen molar-refractivity contribution in [1.29, 1.82) is 0 Å². The van der Waals surface area contributed by atoms with Crippen molar-refractivity contribution in [2.45, 2.75) is 13.3 Å². The molecule has 2 heteroatoms. The molecule has 2 rings (SSSR count). The Morgan fingerprint density at radius 2 is 1.50 bits per heavy atom. The lowest BCUT2D eigenvalue weighted by Crippen LogP contribution is -1.93. The van der Waals surface area contributed by atoms with E-state index < -0.39 is 11.6 Å². The molecular formula is C14H12F2. The van der Waals surface area contributed by atoms with E-state index in [1.165, 1.54) is 12.1 Å². The molecule has 0 aliphatic carbocycles. The Balaban J connectivity index is 2.58. The fourth-order valence-electron chi connectivity index (χ4n) is 1.71. The van der Waals surface area contributed by atoms with Gasteiger partial charge in [-0.25, -0.2) is 8.78 Å². The maximum Gasteiger partial charge on any atom is 0.134 e. The number of hydrogen-bond donors (Lipinski definition) is 0. The Hall–Kier alpha value is -1.70. The van der Waals surface area contributed by atoms with Crippen molar-refractivity contribution in [2.75, 3.05) is 0 Å². The monoisotopic (exact) mass is 218 g/mol. The SMILES string of the molecule is CCc1cc(F)c(-c2ccccc2)c(F)c1. The van der Waals surface area contributed by atoms with Gasteiger partial charge in [-0.05, 0) is 29.7 Å². The summed E-state index contributed by atoms with van der Waals surface area (Å²) < 4.78 is 27.5. The average molecular weight is 218 g/mol. The summed E-state index contributed by atoms with van der Waals surface area (Å²) in [5, 5.41) is 0. The molecule has 0 aliphatic heterocycles. The minimum atomic E-state index is -0.497. The van der Waals surface area contributed by atoms with Crippen LogP contribution in [0, 0.1) is 11.6 Å². The smallest absolute Gasteiger partial charge is 0.134 e. The molecule has 0 N–H and O–H groups in total. The van der Waals surface area contributed by atoms with Crippen LogP contribution in [0.5, 0.6) is 0 Å². The van der Waals surface area contributed by atoms with E-state index >= 15 is 0 Å². The van der Waals surface area contributed by atoms with Crippen LogP contribution in [-0.2, 0) is 6.42 Å². The summed E-state index contributed by atoms with van der Waals surface area (Å²) in [6.45, 7) is 1.87. The van der Waals surface area contributed by atoms with Gasteiger partial charge in [-0.3, -0.25) is 0 Å². The first kappa shape index (κ1) is 10.8. The summed E-state index contributed by atoms with van der Waals surface area (Å²) >= 11 is 0. The van der Waals surface area contributed by atoms with E-state index in [1.807, 2.05) is 13.0 Å². The molecule has 0 atom stereocenters. The van der Waals surface area contributed by atoms with Gasteiger partial charge in [-0.2, -0.15) is 0 Å². The molecule has 0 spiro atoms. The zero-order valence-corrected chi connectivity index (χ0v) is 9.00. The lowest BCUT2D eigenvalue weighted by Gasteiger charge is -2.07. The molecule has 0 fully saturated rings. The largest absolute Gasteiger partial charge is 0.206 e. The molecule has 0 saturated heterocycles. The highest BCUT2D eigenvalue weighted by Gasteiger charge is 2.12. The van der Waals surface area contributed by atoms with E-state index in [9.17, 15) is 8.78 Å². The highest BCUT2D eigenvalue weighted by molar-refractivity contribution is 5.65. The van der Waals surface area contributed by atoms with Crippen LogP contribution in [0.3, 0.4) is 0 Å². The molecule has 16 heavy (non-hydrogen) atoms. The Morgan fingerprint density at radius 3 is 2.00 bits per heavy atom. The van der Waals surface area contributed by atoms with Gasteiger partial charge in [0.2, 0.25) is 0 Å². The standard InChI is InChI=1S/C14H12F2/c1-2-10-8-12(15)14(13(16)9-10)11-6-4-3-5-7-11/h3-9H,2H2,1H3. The predicted octanol–water partition coefficient (Wildman–Crippen LogP) is 4.19. The number of halogens is 2. The van der Waals surface area contributed by atoms with Crippen molar-refractivity contribution >= 4 is 0 Å². The summed E-state index contributed by atoms with van der Waals surface area (Å²) in [4.78, 5) is 0. The van der Waals surface area contributed by atoms with Crippen LogP contribution in [-0.4, -0.2) is 0 Å². The number of aryl methyl sites for hydroxylation is 1. The normalized spacial score (nSPS) is 10.4. The molecule has 0 nitrogen and oxygen atoms in total. The van der Waals surface area contributed by atoms with Crippen molar-refractivity contribution < 1.29 is 8.78 Å². The fourth-order valence-corrected chi connectivity index (χ4v) is 1.71. The minimum absolute atomic E-state index is 0.0535. The van der Waals surface area contributed by atoms with Crippen molar-refractivity contribution in [3.05, 3.63) is 59.7 Å². The van der Waals surface area contributed by atoms with E-state index in [1.54, 1.807) is 24.3 Å². The topological polar surface area (TPSA) is 0 Å². The molecule has 0 bridgehead atoms. The maximum absolute atomic E-state index is 13.7. The molecule has 2 aromatic rings. The van der Waals surface area contributed by atoms with E-state index in [0.29, 0.717) is 17.5 Å². The molecule has 0 heterocycles. The Labute approximate surface area is 93.5 Å². The van der Waals surface area contributed by atoms with Crippen molar-refractivity contribution in [3.63, 3.8) is 0 Å². The van der Waals surface area contributed by atoms with Gasteiger partial charge in [0.15, 0.2) is 0 Å². The van der Waals surface area contributed by atoms with Crippen LogP contribution in [0.2, 0.25) is 0 Å². The first-order valence-electron chi connectivity index (χ1n) is 5.25. The second kappa shape index (κ2) is 4.44. The van der Waals surface area contributed by atoms with Gasteiger partial charge in [-0.1, -0.05) is 37.3 Å². The molecule has 0 aromatic heterocycles. The zero-order chi connectivity index (χ0) is 11.5. The van der Waals surface area contributed by atoms with E-state index in [0.717, 1.165) is 0 Å². The number of hydrogen-bond acceptors (Lipinski definition) is 0. The van der Waals surface area contributed by atoms with Crippen LogP contribution in [0.4, 0.5) is 8.78 Å². The minimum Gasteiger partial charge on any atom is -0.206 e. The van der Waals surface area contributed by atoms with E-state index in [2.05, 4.69) is 0 Å². The molecule has 0 unspecified atom stereocenters. The van der Waals surface area contributed by atoms with Gasteiger partial charge in [0.25, 0.3) is 0 Å². The molecule has 82 valence electrons. The first-order chi connectivity index (χ1) is 7.72. The molecule has 2 aromatic carbocycles. The van der Waals surface area contributed by atoms with Crippen molar-refractivity contribution in [2.24, 2.45) is 0 Å². The molecule has 0 radical (unpaired) electrons. The summed E-state index contributed by atoms with van der Waals surface area (Å²) in [5.74, 6) is -0.994. The van der Waals surface area contributed by atoms with Crippen LogP contribution in [0.1, 0.15) is 12.5 Å². The van der Waals surface area contributed by atoms with Gasteiger partial charge >= 0.3 is 0 Å². The van der Waals surface area contributed by atoms with Crippen molar-refractivity contribution in [3.8, 4) is 11.1 Å². The second-order valence-corrected chi connectivity index (χ2v) is 3.65. The maximum atomic E-state index is 13.7. The average Bonchev–Trinajstić information content (AvgIpc) is 2.29. The van der Waals surface area contributed by atoms with Crippen LogP contribution < -0.4 is 0 Å². The summed E-state index contributed by atoms with van der Waals surface area (Å²) in [5.41, 5.74) is 1.30. The summed E-state index contributed by atoms with van der Waals surface area (Å²) in [6.07, 6.45) is 0.628. The Kier molecular flexibility index (Phi) is 3.00. The molecule has 0 amide bonds. The third-order valence-electron chi connectivity index (χ3n) is 2.57. The highest BCUT2D eigenvalue weighted by atomic mass is 19.1. The summed E-state index contributed by atoms with van der Waals surface area (Å²) in [6, 6.07) is 11.5.